The summed E-state index contributed by atoms with van der Waals surface area (Å²) in [6.45, 7) is 3.43. The highest BCUT2D eigenvalue weighted by Crippen LogP contribution is 2.24. The Morgan fingerprint density at radius 1 is 1.19 bits per heavy atom. The van der Waals surface area contributed by atoms with Crippen LogP contribution in [0.2, 0.25) is 0 Å². The quantitative estimate of drug-likeness (QED) is 0.766. The van der Waals surface area contributed by atoms with Crippen molar-refractivity contribution in [2.45, 2.75) is 19.9 Å². The predicted octanol–water partition coefficient (Wildman–Crippen LogP) is 4.14. The van der Waals surface area contributed by atoms with E-state index in [-0.39, 0.29) is 5.82 Å². The van der Waals surface area contributed by atoms with Gasteiger partial charge in [0.2, 0.25) is 0 Å². The van der Waals surface area contributed by atoms with Crippen LogP contribution < -0.4 is 5.32 Å². The number of rotatable bonds is 5. The normalized spacial score (nSPS) is 11.1. The average molecular weight is 300 g/mol. The molecule has 1 heterocycles. The maximum absolute atomic E-state index is 14.0. The Morgan fingerprint density at radius 3 is 2.81 bits per heavy atom. The number of halogens is 1. The van der Waals surface area contributed by atoms with E-state index in [1.807, 2.05) is 37.3 Å². The molecule has 0 amide bonds. The van der Waals surface area contributed by atoms with Gasteiger partial charge in [-0.2, -0.15) is 0 Å². The summed E-state index contributed by atoms with van der Waals surface area (Å²) in [5.74, 6) is -0.144. The molecule has 0 unspecified atom stereocenters. The molecular weight excluding hydrogens is 283 g/mol. The van der Waals surface area contributed by atoms with E-state index in [1.165, 1.54) is 4.70 Å². The molecule has 0 radical (unpaired) electrons. The average Bonchev–Trinajstić information content (AvgIpc) is 2.88. The first-order valence-electron chi connectivity index (χ1n) is 7.08. The summed E-state index contributed by atoms with van der Waals surface area (Å²) in [4.78, 5) is 4.59. The minimum atomic E-state index is -0.144. The second-order valence-electron chi connectivity index (χ2n) is 4.96. The molecule has 0 aliphatic carbocycles. The van der Waals surface area contributed by atoms with Gasteiger partial charge in [0.05, 0.1) is 15.2 Å². The van der Waals surface area contributed by atoms with Gasteiger partial charge in [-0.3, -0.25) is 0 Å². The van der Waals surface area contributed by atoms with Crippen molar-refractivity contribution in [1.82, 2.24) is 10.3 Å². The Hall–Kier alpha value is -1.78. The lowest BCUT2D eigenvalue weighted by Crippen LogP contribution is -2.13. The van der Waals surface area contributed by atoms with Crippen LogP contribution in [-0.4, -0.2) is 11.5 Å². The molecule has 0 saturated carbocycles. The highest BCUT2D eigenvalue weighted by Gasteiger charge is 2.07. The van der Waals surface area contributed by atoms with Gasteiger partial charge in [-0.1, -0.05) is 31.2 Å². The third kappa shape index (κ3) is 3.28. The van der Waals surface area contributed by atoms with Gasteiger partial charge in [0.25, 0.3) is 0 Å². The highest BCUT2D eigenvalue weighted by atomic mass is 32.1. The lowest BCUT2D eigenvalue weighted by atomic mass is 10.1. The number of benzene rings is 2. The minimum absolute atomic E-state index is 0.144. The van der Waals surface area contributed by atoms with Crippen molar-refractivity contribution < 1.29 is 4.39 Å². The molecule has 0 saturated heterocycles. The van der Waals surface area contributed by atoms with Crippen molar-refractivity contribution in [3.05, 3.63) is 64.4 Å². The predicted molar refractivity (Wildman–Crippen MR) is 86.2 cm³/mol. The Labute approximate surface area is 127 Å². The molecule has 0 bridgehead atoms. The number of fused-ring (bicyclic) bond motifs is 1. The standard InChI is InChI=1S/C17H17FN2S/c1-2-19-11-13-8-7-12(9-14(13)18)10-17-20-15-5-3-4-6-16(15)21-17/h3-9,19H,2,10-11H2,1H3. The fourth-order valence-electron chi connectivity index (χ4n) is 2.27. The Balaban J connectivity index is 1.79. The zero-order valence-corrected chi connectivity index (χ0v) is 12.7. The third-order valence-electron chi connectivity index (χ3n) is 3.38. The van der Waals surface area contributed by atoms with Crippen LogP contribution in [0.4, 0.5) is 4.39 Å². The van der Waals surface area contributed by atoms with Crippen molar-refractivity contribution in [2.75, 3.05) is 6.54 Å². The number of para-hydroxylation sites is 1. The van der Waals surface area contributed by atoms with Crippen LogP contribution in [0.3, 0.4) is 0 Å². The number of aromatic nitrogens is 1. The summed E-state index contributed by atoms with van der Waals surface area (Å²) in [5.41, 5.74) is 2.69. The molecule has 108 valence electrons. The van der Waals surface area contributed by atoms with E-state index in [9.17, 15) is 4.39 Å². The van der Waals surface area contributed by atoms with Crippen molar-refractivity contribution in [2.24, 2.45) is 0 Å². The molecule has 1 aromatic heterocycles. The summed E-state index contributed by atoms with van der Waals surface area (Å²) in [6, 6.07) is 13.5. The van der Waals surface area contributed by atoms with Gasteiger partial charge in [0.15, 0.2) is 0 Å². The van der Waals surface area contributed by atoms with Crippen LogP contribution in [0.1, 0.15) is 23.1 Å². The van der Waals surface area contributed by atoms with E-state index in [0.717, 1.165) is 22.6 Å². The van der Waals surface area contributed by atoms with Gasteiger partial charge in [-0.05, 0) is 30.3 Å². The molecule has 3 rings (SSSR count). The Bertz CT molecular complexity index is 718. The second kappa shape index (κ2) is 6.33. The van der Waals surface area contributed by atoms with Crippen LogP contribution in [-0.2, 0) is 13.0 Å². The van der Waals surface area contributed by atoms with Crippen molar-refractivity contribution >= 4 is 21.6 Å². The van der Waals surface area contributed by atoms with Crippen molar-refractivity contribution in [3.8, 4) is 0 Å². The van der Waals surface area contributed by atoms with E-state index in [1.54, 1.807) is 17.4 Å². The van der Waals surface area contributed by atoms with E-state index in [4.69, 9.17) is 0 Å². The molecule has 0 aliphatic rings. The van der Waals surface area contributed by atoms with Crippen LogP contribution in [0, 0.1) is 5.82 Å². The molecule has 21 heavy (non-hydrogen) atoms. The lowest BCUT2D eigenvalue weighted by molar-refractivity contribution is 0.592. The van der Waals surface area contributed by atoms with Gasteiger partial charge in [0.1, 0.15) is 5.82 Å². The molecule has 2 aromatic carbocycles. The Kier molecular flexibility index (Phi) is 4.27. The smallest absolute Gasteiger partial charge is 0.127 e. The van der Waals surface area contributed by atoms with Gasteiger partial charge in [-0.15, -0.1) is 11.3 Å². The van der Waals surface area contributed by atoms with Gasteiger partial charge in [0, 0.05) is 18.5 Å². The summed E-state index contributed by atoms with van der Waals surface area (Å²) in [5, 5.41) is 4.17. The molecular formula is C17H17FN2S. The lowest BCUT2D eigenvalue weighted by Gasteiger charge is -2.05. The number of hydrogen-bond acceptors (Lipinski definition) is 3. The van der Waals surface area contributed by atoms with Gasteiger partial charge >= 0.3 is 0 Å². The van der Waals surface area contributed by atoms with Gasteiger partial charge < -0.3 is 5.32 Å². The largest absolute Gasteiger partial charge is 0.313 e. The van der Waals surface area contributed by atoms with E-state index < -0.39 is 0 Å². The molecule has 2 nitrogen and oxygen atoms in total. The molecule has 1 N–H and O–H groups in total. The molecule has 0 aliphatic heterocycles. The number of nitrogens with zero attached hydrogens (tertiary/aromatic N) is 1. The number of thiazole rings is 1. The van der Waals surface area contributed by atoms with Crippen LogP contribution in [0.5, 0.6) is 0 Å². The SMILES string of the molecule is CCNCc1ccc(Cc2nc3ccccc3s2)cc1F. The molecule has 0 fully saturated rings. The maximum atomic E-state index is 14.0. The molecule has 4 heteroatoms. The van der Waals surface area contributed by atoms with E-state index >= 15 is 0 Å². The highest BCUT2D eigenvalue weighted by molar-refractivity contribution is 7.18. The first-order valence-corrected chi connectivity index (χ1v) is 7.90. The fourth-order valence-corrected chi connectivity index (χ4v) is 3.28. The van der Waals surface area contributed by atoms with Crippen LogP contribution in [0.15, 0.2) is 42.5 Å². The molecule has 0 spiro atoms. The first-order chi connectivity index (χ1) is 10.3. The maximum Gasteiger partial charge on any atom is 0.127 e. The molecule has 3 aromatic rings. The number of nitrogens with one attached hydrogen (secondary N) is 1. The summed E-state index contributed by atoms with van der Waals surface area (Å²) in [7, 11) is 0. The first kappa shape index (κ1) is 14.2. The Morgan fingerprint density at radius 2 is 2.05 bits per heavy atom. The van der Waals surface area contributed by atoms with Crippen molar-refractivity contribution in [1.29, 1.82) is 0 Å². The summed E-state index contributed by atoms with van der Waals surface area (Å²) >= 11 is 1.67. The van der Waals surface area contributed by atoms with Crippen LogP contribution in [0.25, 0.3) is 10.2 Å². The van der Waals surface area contributed by atoms with Gasteiger partial charge in [-0.25, -0.2) is 9.37 Å². The van der Waals surface area contributed by atoms with Crippen molar-refractivity contribution in [3.63, 3.8) is 0 Å². The summed E-state index contributed by atoms with van der Waals surface area (Å²) in [6.07, 6.45) is 0.678. The zero-order valence-electron chi connectivity index (χ0n) is 11.9. The molecule has 0 atom stereocenters. The minimum Gasteiger partial charge on any atom is -0.313 e. The number of hydrogen-bond donors (Lipinski definition) is 1. The zero-order chi connectivity index (χ0) is 14.7. The monoisotopic (exact) mass is 300 g/mol. The fraction of sp³-hybridized carbons (Fsp3) is 0.235. The van der Waals surface area contributed by atoms with Crippen LogP contribution >= 0.6 is 11.3 Å². The second-order valence-corrected chi connectivity index (χ2v) is 6.07. The topological polar surface area (TPSA) is 24.9 Å². The summed E-state index contributed by atoms with van der Waals surface area (Å²) < 4.78 is 15.2. The van der Waals surface area contributed by atoms with E-state index in [0.29, 0.717) is 18.5 Å². The third-order valence-corrected chi connectivity index (χ3v) is 4.41. The van der Waals surface area contributed by atoms with E-state index in [2.05, 4.69) is 16.4 Å².